The number of aryl methyl sites for hydroxylation is 3. The van der Waals surface area contributed by atoms with E-state index in [4.69, 9.17) is 10.6 Å². The first-order chi connectivity index (χ1) is 13.4. The van der Waals surface area contributed by atoms with Gasteiger partial charge in [0, 0.05) is 5.69 Å². The summed E-state index contributed by atoms with van der Waals surface area (Å²) in [7, 11) is 1.59. The van der Waals surface area contributed by atoms with Crippen LogP contribution in [0.2, 0.25) is 0 Å². The zero-order chi connectivity index (χ0) is 20.3. The summed E-state index contributed by atoms with van der Waals surface area (Å²) in [5, 5.41) is 11.7. The summed E-state index contributed by atoms with van der Waals surface area (Å²) in [5.74, 6) is 7.33. The highest BCUT2D eigenvalue weighted by Crippen LogP contribution is 2.29. The molecule has 3 N–H and O–H groups in total. The summed E-state index contributed by atoms with van der Waals surface area (Å²) in [5.41, 5.74) is 4.83. The number of thioether (sulfide) groups is 1. The second kappa shape index (κ2) is 8.35. The van der Waals surface area contributed by atoms with Gasteiger partial charge in [-0.05, 0) is 44.0 Å². The molecule has 7 nitrogen and oxygen atoms in total. The lowest BCUT2D eigenvalue weighted by Gasteiger charge is -2.12. The number of hydrogen-bond acceptors (Lipinski definition) is 6. The molecular weight excluding hydrogens is 374 g/mol. The third kappa shape index (κ3) is 4.12. The van der Waals surface area contributed by atoms with Gasteiger partial charge in [-0.1, -0.05) is 41.6 Å². The van der Waals surface area contributed by atoms with E-state index in [0.29, 0.717) is 16.7 Å². The van der Waals surface area contributed by atoms with Gasteiger partial charge in [-0.25, -0.2) is 4.68 Å². The molecule has 3 aromatic rings. The number of nitrogens with zero attached hydrogens (tertiary/aromatic N) is 3. The molecule has 0 fully saturated rings. The summed E-state index contributed by atoms with van der Waals surface area (Å²) < 4.78 is 6.72. The molecule has 28 heavy (non-hydrogen) atoms. The topological polar surface area (TPSA) is 95.1 Å². The first-order valence-electron chi connectivity index (χ1n) is 8.75. The van der Waals surface area contributed by atoms with Crippen LogP contribution >= 0.6 is 11.8 Å². The minimum absolute atomic E-state index is 0.123. The maximum absolute atomic E-state index is 12.4. The van der Waals surface area contributed by atoms with Crippen LogP contribution in [0.25, 0.3) is 11.4 Å². The van der Waals surface area contributed by atoms with Crippen molar-refractivity contribution in [3.63, 3.8) is 0 Å². The number of aromatic nitrogens is 3. The molecule has 146 valence electrons. The van der Waals surface area contributed by atoms with Crippen molar-refractivity contribution in [1.82, 2.24) is 14.9 Å². The largest absolute Gasteiger partial charge is 0.496 e. The average molecular weight is 398 g/mol. The van der Waals surface area contributed by atoms with Crippen LogP contribution in [0, 0.1) is 20.8 Å². The first-order valence-corrected chi connectivity index (χ1v) is 9.73. The average Bonchev–Trinajstić information content (AvgIpc) is 3.03. The summed E-state index contributed by atoms with van der Waals surface area (Å²) in [4.78, 5) is 12.4. The smallest absolute Gasteiger partial charge is 0.234 e. The van der Waals surface area contributed by atoms with Gasteiger partial charge in [0.1, 0.15) is 5.75 Å². The molecule has 0 radical (unpaired) electrons. The number of carbonyl (C=O) groups is 1. The van der Waals surface area contributed by atoms with E-state index in [0.717, 1.165) is 22.4 Å². The molecule has 1 aromatic heterocycles. The third-order valence-corrected chi connectivity index (χ3v) is 5.23. The fourth-order valence-electron chi connectivity index (χ4n) is 3.07. The Balaban J connectivity index is 1.71. The molecule has 0 aliphatic rings. The van der Waals surface area contributed by atoms with E-state index in [1.807, 2.05) is 57.2 Å². The molecule has 0 aliphatic carbocycles. The van der Waals surface area contributed by atoms with Crippen LogP contribution in [0.1, 0.15) is 16.7 Å². The number of rotatable bonds is 6. The molecule has 1 amide bonds. The van der Waals surface area contributed by atoms with Crippen molar-refractivity contribution in [3.8, 4) is 17.1 Å². The monoisotopic (exact) mass is 397 g/mol. The van der Waals surface area contributed by atoms with Crippen LogP contribution in [-0.2, 0) is 4.79 Å². The molecule has 2 aromatic carbocycles. The van der Waals surface area contributed by atoms with E-state index in [9.17, 15) is 4.79 Å². The number of hydrogen-bond donors (Lipinski definition) is 2. The van der Waals surface area contributed by atoms with E-state index >= 15 is 0 Å². The SMILES string of the molecule is COc1ccccc1-c1nnc(SCC(=O)Nc2c(C)cc(C)cc2C)n1N. The van der Waals surface area contributed by atoms with Crippen molar-refractivity contribution >= 4 is 23.4 Å². The predicted molar refractivity (Wildman–Crippen MR) is 112 cm³/mol. The Hall–Kier alpha value is -3.00. The number of nitrogen functional groups attached to an aromatic ring is 1. The Morgan fingerprint density at radius 2 is 1.86 bits per heavy atom. The van der Waals surface area contributed by atoms with Crippen molar-refractivity contribution in [3.05, 3.63) is 53.1 Å². The maximum atomic E-state index is 12.4. The molecule has 3 rings (SSSR count). The van der Waals surface area contributed by atoms with Crippen molar-refractivity contribution < 1.29 is 9.53 Å². The number of methoxy groups -OCH3 is 1. The van der Waals surface area contributed by atoms with Gasteiger partial charge in [0.05, 0.1) is 18.4 Å². The van der Waals surface area contributed by atoms with Gasteiger partial charge in [0.2, 0.25) is 11.1 Å². The highest BCUT2D eigenvalue weighted by Gasteiger charge is 2.17. The Labute approximate surface area is 168 Å². The lowest BCUT2D eigenvalue weighted by Crippen LogP contribution is -2.17. The van der Waals surface area contributed by atoms with Gasteiger partial charge >= 0.3 is 0 Å². The van der Waals surface area contributed by atoms with Gasteiger partial charge < -0.3 is 15.9 Å². The Morgan fingerprint density at radius 1 is 1.18 bits per heavy atom. The molecule has 0 saturated heterocycles. The van der Waals surface area contributed by atoms with Crippen LogP contribution in [0.4, 0.5) is 5.69 Å². The highest BCUT2D eigenvalue weighted by molar-refractivity contribution is 7.99. The van der Waals surface area contributed by atoms with Crippen LogP contribution in [0.15, 0.2) is 41.6 Å². The summed E-state index contributed by atoms with van der Waals surface area (Å²) in [6, 6.07) is 11.5. The van der Waals surface area contributed by atoms with E-state index in [-0.39, 0.29) is 11.7 Å². The van der Waals surface area contributed by atoms with E-state index in [1.54, 1.807) is 7.11 Å². The van der Waals surface area contributed by atoms with Gasteiger partial charge in [-0.15, -0.1) is 10.2 Å². The lowest BCUT2D eigenvalue weighted by molar-refractivity contribution is -0.113. The lowest BCUT2D eigenvalue weighted by atomic mass is 10.1. The molecule has 0 bridgehead atoms. The Morgan fingerprint density at radius 3 is 2.54 bits per heavy atom. The maximum Gasteiger partial charge on any atom is 0.234 e. The number of benzene rings is 2. The van der Waals surface area contributed by atoms with Crippen LogP contribution < -0.4 is 15.9 Å². The minimum Gasteiger partial charge on any atom is -0.496 e. The van der Waals surface area contributed by atoms with Gasteiger partial charge in [0.25, 0.3) is 0 Å². The van der Waals surface area contributed by atoms with Crippen LogP contribution in [0.5, 0.6) is 5.75 Å². The fourth-order valence-corrected chi connectivity index (χ4v) is 3.73. The molecule has 0 spiro atoms. The second-order valence-corrected chi connectivity index (χ2v) is 7.43. The summed E-state index contributed by atoms with van der Waals surface area (Å²) in [6.45, 7) is 6.01. The molecule has 1 heterocycles. The molecular formula is C20H23N5O2S. The Kier molecular flexibility index (Phi) is 5.89. The normalized spacial score (nSPS) is 10.7. The zero-order valence-electron chi connectivity index (χ0n) is 16.3. The molecule has 0 aliphatic heterocycles. The number of amides is 1. The Bertz CT molecular complexity index is 993. The highest BCUT2D eigenvalue weighted by atomic mass is 32.2. The summed E-state index contributed by atoms with van der Waals surface area (Å²) in [6.07, 6.45) is 0. The van der Waals surface area contributed by atoms with Crippen molar-refractivity contribution in [2.24, 2.45) is 0 Å². The fraction of sp³-hybridized carbons (Fsp3) is 0.250. The van der Waals surface area contributed by atoms with E-state index < -0.39 is 0 Å². The van der Waals surface area contributed by atoms with Gasteiger partial charge in [-0.2, -0.15) is 0 Å². The quantitative estimate of drug-likeness (QED) is 0.489. The number of nitrogens with two attached hydrogens (primary N) is 1. The van der Waals surface area contributed by atoms with Crippen molar-refractivity contribution in [2.75, 3.05) is 24.0 Å². The van der Waals surface area contributed by atoms with Crippen LogP contribution in [-0.4, -0.2) is 33.6 Å². The van der Waals surface area contributed by atoms with Gasteiger partial charge in [-0.3, -0.25) is 4.79 Å². The zero-order valence-corrected chi connectivity index (χ0v) is 17.1. The van der Waals surface area contributed by atoms with E-state index in [2.05, 4.69) is 15.5 Å². The van der Waals surface area contributed by atoms with Crippen molar-refractivity contribution in [2.45, 2.75) is 25.9 Å². The number of nitrogens with one attached hydrogen (secondary N) is 1. The molecule has 0 saturated carbocycles. The number of anilines is 1. The predicted octanol–water partition coefficient (Wildman–Crippen LogP) is 3.32. The molecule has 0 atom stereocenters. The van der Waals surface area contributed by atoms with Crippen molar-refractivity contribution in [1.29, 1.82) is 0 Å². The number of ether oxygens (including phenoxy) is 1. The molecule has 8 heteroatoms. The standard InChI is InChI=1S/C20H23N5O2S/c1-12-9-13(2)18(14(3)10-12)22-17(26)11-28-20-24-23-19(25(20)21)15-7-5-6-8-16(15)27-4/h5-10H,11,21H2,1-4H3,(H,22,26). The third-order valence-electron chi connectivity index (χ3n) is 4.29. The van der Waals surface area contributed by atoms with E-state index in [1.165, 1.54) is 22.0 Å². The number of carbonyl (C=O) groups excluding carboxylic acids is 1. The van der Waals surface area contributed by atoms with Crippen LogP contribution in [0.3, 0.4) is 0 Å². The molecule has 0 unspecified atom stereocenters. The first kappa shape index (κ1) is 19.8. The van der Waals surface area contributed by atoms with Gasteiger partial charge in [0.15, 0.2) is 5.82 Å². The summed E-state index contributed by atoms with van der Waals surface area (Å²) >= 11 is 1.23. The minimum atomic E-state index is -0.123. The second-order valence-electron chi connectivity index (χ2n) is 6.49. The number of para-hydroxylation sites is 1.